The molecule has 23 heavy (non-hydrogen) atoms. The summed E-state index contributed by atoms with van der Waals surface area (Å²) in [5, 5.41) is 11.3. The minimum Gasteiger partial charge on any atom is -0.467 e. The number of halogens is 2. The Bertz CT molecular complexity index is 666. The number of aromatic nitrogens is 2. The fourth-order valence-electron chi connectivity index (χ4n) is 2.39. The summed E-state index contributed by atoms with van der Waals surface area (Å²) in [4.78, 5) is 32.2. The molecule has 0 bridgehead atoms. The maximum Gasteiger partial charge on any atom is 0.328 e. The van der Waals surface area contributed by atoms with E-state index in [1.165, 1.54) is 12.0 Å². The average Bonchev–Trinajstić information content (AvgIpc) is 2.94. The Morgan fingerprint density at radius 3 is 3.04 bits per heavy atom. The number of amides is 1. The van der Waals surface area contributed by atoms with E-state index < -0.39 is 29.8 Å². The summed E-state index contributed by atoms with van der Waals surface area (Å²) in [6, 6.07) is 0.464. The molecule has 0 radical (unpaired) electrons. The van der Waals surface area contributed by atoms with Crippen molar-refractivity contribution in [3.63, 3.8) is 0 Å². The van der Waals surface area contributed by atoms with Crippen LogP contribution in [-0.4, -0.2) is 52.5 Å². The molecular formula is C13H13ClFN5O3. The van der Waals surface area contributed by atoms with E-state index in [2.05, 4.69) is 20.0 Å². The van der Waals surface area contributed by atoms with Crippen molar-refractivity contribution in [2.75, 3.05) is 19.0 Å². The van der Waals surface area contributed by atoms with Crippen molar-refractivity contribution in [3.8, 4) is 6.07 Å². The summed E-state index contributed by atoms with van der Waals surface area (Å²) >= 11 is 5.62. The predicted octanol–water partition coefficient (Wildman–Crippen LogP) is 0.737. The Kier molecular flexibility index (Phi) is 5.28. The number of nitrogens with zero attached hydrogens (tertiary/aromatic N) is 4. The number of carbonyl (C=O) groups excluding carboxylic acids is 2. The molecular weight excluding hydrogens is 329 g/mol. The average molecular weight is 342 g/mol. The number of rotatable bonds is 4. The number of nitrogens with one attached hydrogen (secondary N) is 1. The van der Waals surface area contributed by atoms with Gasteiger partial charge in [-0.3, -0.25) is 4.79 Å². The van der Waals surface area contributed by atoms with Gasteiger partial charge in [-0.1, -0.05) is 0 Å². The van der Waals surface area contributed by atoms with Crippen molar-refractivity contribution >= 4 is 29.3 Å². The van der Waals surface area contributed by atoms with Crippen molar-refractivity contribution in [2.24, 2.45) is 0 Å². The van der Waals surface area contributed by atoms with Gasteiger partial charge in [-0.15, -0.1) is 0 Å². The van der Waals surface area contributed by atoms with Crippen LogP contribution in [0.1, 0.15) is 12.8 Å². The molecule has 0 spiro atoms. The number of esters is 1. The van der Waals surface area contributed by atoms with Crippen LogP contribution in [0.25, 0.3) is 0 Å². The zero-order chi connectivity index (χ0) is 17.0. The van der Waals surface area contributed by atoms with Gasteiger partial charge >= 0.3 is 5.97 Å². The van der Waals surface area contributed by atoms with Gasteiger partial charge in [0.15, 0.2) is 11.6 Å². The first-order valence-electron chi connectivity index (χ1n) is 6.65. The molecule has 1 saturated heterocycles. The zero-order valence-corrected chi connectivity index (χ0v) is 12.9. The molecule has 122 valence electrons. The van der Waals surface area contributed by atoms with Gasteiger partial charge in [-0.25, -0.2) is 14.2 Å². The second-order valence-electron chi connectivity index (χ2n) is 4.83. The number of likely N-dealkylation sites (tertiary alicyclic amines) is 1. The summed E-state index contributed by atoms with van der Waals surface area (Å²) in [7, 11) is 1.21. The molecule has 1 N–H and O–H groups in total. The van der Waals surface area contributed by atoms with E-state index in [4.69, 9.17) is 16.9 Å². The maximum atomic E-state index is 13.7. The van der Waals surface area contributed by atoms with Crippen molar-refractivity contribution in [3.05, 3.63) is 17.3 Å². The van der Waals surface area contributed by atoms with Crippen LogP contribution in [0.2, 0.25) is 5.28 Å². The van der Waals surface area contributed by atoms with E-state index >= 15 is 0 Å². The van der Waals surface area contributed by atoms with Crippen LogP contribution < -0.4 is 5.32 Å². The number of hydrogen-bond acceptors (Lipinski definition) is 7. The minimum atomic E-state index is -0.835. The van der Waals surface area contributed by atoms with E-state index in [-0.39, 0.29) is 30.5 Å². The monoisotopic (exact) mass is 341 g/mol. The quantitative estimate of drug-likeness (QED) is 0.635. The van der Waals surface area contributed by atoms with Crippen LogP contribution >= 0.6 is 11.6 Å². The Balaban J connectivity index is 2.16. The number of carbonyl (C=O) groups is 2. The van der Waals surface area contributed by atoms with Crippen molar-refractivity contribution in [1.29, 1.82) is 5.26 Å². The highest BCUT2D eigenvalue weighted by atomic mass is 35.5. The van der Waals surface area contributed by atoms with Gasteiger partial charge < -0.3 is 15.0 Å². The number of methoxy groups -OCH3 is 1. The van der Waals surface area contributed by atoms with E-state index in [1.807, 2.05) is 0 Å². The van der Waals surface area contributed by atoms with Crippen LogP contribution in [0.5, 0.6) is 0 Å². The van der Waals surface area contributed by atoms with E-state index in [1.54, 1.807) is 6.07 Å². The zero-order valence-electron chi connectivity index (χ0n) is 12.1. The highest BCUT2D eigenvalue weighted by Gasteiger charge is 2.40. The van der Waals surface area contributed by atoms with Gasteiger partial charge in [0.25, 0.3) is 0 Å². The third kappa shape index (κ3) is 3.84. The Morgan fingerprint density at radius 1 is 1.65 bits per heavy atom. The van der Waals surface area contributed by atoms with Crippen LogP contribution in [0, 0.1) is 17.1 Å². The molecule has 1 aromatic heterocycles. The molecule has 1 amide bonds. The van der Waals surface area contributed by atoms with Crippen molar-refractivity contribution < 1.29 is 18.7 Å². The van der Waals surface area contributed by atoms with Gasteiger partial charge in [0.05, 0.1) is 19.4 Å². The first kappa shape index (κ1) is 16.9. The number of anilines is 1. The molecule has 0 saturated carbocycles. The number of ether oxygens (including phenoxy) is 1. The Morgan fingerprint density at radius 2 is 2.39 bits per heavy atom. The first-order valence-corrected chi connectivity index (χ1v) is 7.03. The molecule has 10 heteroatoms. The largest absolute Gasteiger partial charge is 0.467 e. The summed E-state index contributed by atoms with van der Waals surface area (Å²) in [5.74, 6) is -1.91. The summed E-state index contributed by atoms with van der Waals surface area (Å²) in [5.41, 5.74) is 0. The summed E-state index contributed by atoms with van der Waals surface area (Å²) in [6.45, 7) is 0.112. The second kappa shape index (κ2) is 7.19. The van der Waals surface area contributed by atoms with Gasteiger partial charge in [0.2, 0.25) is 11.2 Å². The molecule has 1 fully saturated rings. The molecule has 2 atom stereocenters. The molecule has 0 aliphatic carbocycles. The third-order valence-electron chi connectivity index (χ3n) is 3.38. The lowest BCUT2D eigenvalue weighted by Crippen LogP contribution is -2.41. The van der Waals surface area contributed by atoms with Gasteiger partial charge in [0, 0.05) is 19.0 Å². The highest BCUT2D eigenvalue weighted by Crippen LogP contribution is 2.24. The van der Waals surface area contributed by atoms with Gasteiger partial charge in [-0.2, -0.15) is 10.2 Å². The Hall–Kier alpha value is -2.47. The fraction of sp³-hybridized carbons (Fsp3) is 0.462. The smallest absolute Gasteiger partial charge is 0.328 e. The van der Waals surface area contributed by atoms with Crippen LogP contribution in [0.4, 0.5) is 10.2 Å². The standard InChI is InChI=1S/C13H13ClFN5O3/c1-23-12(22)9-4-7(6-20(9)10(21)2-3-16)18-11-8(15)5-17-13(14)19-11/h5,7,9H,2,4,6H2,1H3,(H,17,18,19)/t7-,9-/m0/s1. The second-order valence-corrected chi connectivity index (χ2v) is 5.17. The normalized spacial score (nSPS) is 20.0. The molecule has 1 aliphatic heterocycles. The fourth-order valence-corrected chi connectivity index (χ4v) is 2.52. The molecule has 0 aromatic carbocycles. The molecule has 2 heterocycles. The molecule has 1 aliphatic rings. The summed E-state index contributed by atoms with van der Waals surface area (Å²) in [6.07, 6.45) is 0.766. The topological polar surface area (TPSA) is 108 Å². The van der Waals surface area contributed by atoms with Crippen molar-refractivity contribution in [2.45, 2.75) is 24.9 Å². The van der Waals surface area contributed by atoms with Crippen LogP contribution in [-0.2, 0) is 14.3 Å². The molecule has 2 rings (SSSR count). The maximum absolute atomic E-state index is 13.7. The van der Waals surface area contributed by atoms with Crippen LogP contribution in [0.15, 0.2) is 6.20 Å². The lowest BCUT2D eigenvalue weighted by molar-refractivity contribution is -0.150. The lowest BCUT2D eigenvalue weighted by Gasteiger charge is -2.21. The number of nitriles is 1. The van der Waals surface area contributed by atoms with Crippen molar-refractivity contribution in [1.82, 2.24) is 14.9 Å². The molecule has 0 unspecified atom stereocenters. The van der Waals surface area contributed by atoms with Gasteiger partial charge in [0.1, 0.15) is 12.5 Å². The summed E-state index contributed by atoms with van der Waals surface area (Å²) < 4.78 is 18.3. The predicted molar refractivity (Wildman–Crippen MR) is 76.8 cm³/mol. The third-order valence-corrected chi connectivity index (χ3v) is 3.56. The van der Waals surface area contributed by atoms with E-state index in [0.717, 1.165) is 6.20 Å². The lowest BCUT2D eigenvalue weighted by atomic mass is 10.1. The minimum absolute atomic E-state index is 0.112. The number of hydrogen-bond donors (Lipinski definition) is 1. The van der Waals surface area contributed by atoms with E-state index in [0.29, 0.717) is 0 Å². The van der Waals surface area contributed by atoms with Gasteiger partial charge in [-0.05, 0) is 11.6 Å². The van der Waals surface area contributed by atoms with E-state index in [9.17, 15) is 14.0 Å². The molecule has 1 aromatic rings. The Labute approximate surface area is 136 Å². The van der Waals surface area contributed by atoms with Crippen LogP contribution in [0.3, 0.4) is 0 Å². The highest BCUT2D eigenvalue weighted by molar-refractivity contribution is 6.28. The molecule has 8 nitrogen and oxygen atoms in total. The first-order chi connectivity index (χ1) is 11.0. The SMILES string of the molecule is COC(=O)[C@@H]1C[C@H](Nc2nc(Cl)ncc2F)CN1C(=O)CC#N.